The van der Waals surface area contributed by atoms with Gasteiger partial charge in [0.15, 0.2) is 0 Å². The van der Waals surface area contributed by atoms with Crippen LogP contribution in [0.2, 0.25) is 0 Å². The normalized spacial score (nSPS) is 31.6. The molecule has 0 bridgehead atoms. The summed E-state index contributed by atoms with van der Waals surface area (Å²) in [4.78, 5) is 12.0. The van der Waals surface area contributed by atoms with Crippen molar-refractivity contribution in [2.24, 2.45) is 11.7 Å². The molecule has 1 aliphatic heterocycles. The third-order valence-electron chi connectivity index (χ3n) is 3.99. The second-order valence-electron chi connectivity index (χ2n) is 5.12. The lowest BCUT2D eigenvalue weighted by molar-refractivity contribution is -0.125. The number of thioether (sulfide) groups is 1. The van der Waals surface area contributed by atoms with Crippen molar-refractivity contribution < 1.29 is 9.53 Å². The van der Waals surface area contributed by atoms with Crippen molar-refractivity contribution in [2.45, 2.75) is 36.5 Å². The largest absolute Gasteiger partial charge is 0.379 e. The molecule has 17 heavy (non-hydrogen) atoms. The Labute approximate surface area is 107 Å². The summed E-state index contributed by atoms with van der Waals surface area (Å²) < 4.78 is 5.49. The maximum absolute atomic E-state index is 12.0. The van der Waals surface area contributed by atoms with Crippen molar-refractivity contribution >= 4 is 17.7 Å². The van der Waals surface area contributed by atoms with Gasteiger partial charge in [0.2, 0.25) is 5.91 Å². The van der Waals surface area contributed by atoms with Crippen molar-refractivity contribution in [3.63, 3.8) is 0 Å². The molecule has 4 nitrogen and oxygen atoms in total. The predicted molar refractivity (Wildman–Crippen MR) is 70.0 cm³/mol. The van der Waals surface area contributed by atoms with Crippen molar-refractivity contribution in [1.82, 2.24) is 5.32 Å². The molecule has 98 valence electrons. The molecule has 0 aromatic carbocycles. The molecule has 2 rings (SSSR count). The average molecular weight is 258 g/mol. The number of ether oxygens (including phenoxy) is 1. The van der Waals surface area contributed by atoms with Gasteiger partial charge in [-0.3, -0.25) is 4.79 Å². The van der Waals surface area contributed by atoms with E-state index in [1.807, 2.05) is 11.8 Å². The lowest BCUT2D eigenvalue weighted by Gasteiger charge is -2.27. The molecule has 3 N–H and O–H groups in total. The molecule has 1 saturated carbocycles. The SMILES string of the molecule is CSC1(CNC(=O)C2COCC2N)CCCC1. The van der Waals surface area contributed by atoms with E-state index in [1.165, 1.54) is 25.7 Å². The highest BCUT2D eigenvalue weighted by molar-refractivity contribution is 8.00. The summed E-state index contributed by atoms with van der Waals surface area (Å²) in [5, 5.41) is 3.07. The van der Waals surface area contributed by atoms with Gasteiger partial charge in [0.25, 0.3) is 0 Å². The number of hydrogen-bond donors (Lipinski definition) is 2. The summed E-state index contributed by atoms with van der Waals surface area (Å²) in [6.07, 6.45) is 7.12. The number of nitrogens with one attached hydrogen (secondary N) is 1. The van der Waals surface area contributed by atoms with Crippen LogP contribution in [0.3, 0.4) is 0 Å². The summed E-state index contributed by atoms with van der Waals surface area (Å²) in [5.41, 5.74) is 5.84. The predicted octanol–water partition coefficient (Wildman–Crippen LogP) is 0.752. The Bertz CT molecular complexity index is 280. The van der Waals surface area contributed by atoms with Gasteiger partial charge in [0.1, 0.15) is 0 Å². The van der Waals surface area contributed by atoms with Crippen LogP contribution in [0.4, 0.5) is 0 Å². The van der Waals surface area contributed by atoms with Crippen LogP contribution in [0.5, 0.6) is 0 Å². The number of nitrogens with two attached hydrogens (primary N) is 1. The minimum Gasteiger partial charge on any atom is -0.379 e. The van der Waals surface area contributed by atoms with Gasteiger partial charge in [0.05, 0.1) is 19.1 Å². The molecule has 2 unspecified atom stereocenters. The molecule has 1 saturated heterocycles. The molecule has 2 aliphatic rings. The molecular weight excluding hydrogens is 236 g/mol. The van der Waals surface area contributed by atoms with E-state index in [9.17, 15) is 4.79 Å². The monoisotopic (exact) mass is 258 g/mol. The summed E-state index contributed by atoms with van der Waals surface area (Å²) >= 11 is 1.89. The maximum Gasteiger partial charge on any atom is 0.227 e. The van der Waals surface area contributed by atoms with Crippen LogP contribution in [0.25, 0.3) is 0 Å². The highest BCUT2D eigenvalue weighted by Crippen LogP contribution is 2.39. The molecule has 0 radical (unpaired) electrons. The fraction of sp³-hybridized carbons (Fsp3) is 0.917. The molecule has 0 aromatic heterocycles. The lowest BCUT2D eigenvalue weighted by Crippen LogP contribution is -2.45. The van der Waals surface area contributed by atoms with Gasteiger partial charge in [-0.15, -0.1) is 0 Å². The van der Waals surface area contributed by atoms with Crippen molar-refractivity contribution in [2.75, 3.05) is 26.0 Å². The molecule has 2 fully saturated rings. The van der Waals surface area contributed by atoms with Crippen LogP contribution in [0, 0.1) is 5.92 Å². The minimum atomic E-state index is -0.157. The highest BCUT2D eigenvalue weighted by atomic mass is 32.2. The number of amides is 1. The van der Waals surface area contributed by atoms with E-state index >= 15 is 0 Å². The van der Waals surface area contributed by atoms with Crippen molar-refractivity contribution in [1.29, 1.82) is 0 Å². The standard InChI is InChI=1S/C12H22N2O2S/c1-17-12(4-2-3-5-12)8-14-11(15)9-6-16-7-10(9)13/h9-10H,2-8,13H2,1H3,(H,14,15). The Morgan fingerprint density at radius 2 is 2.18 bits per heavy atom. The zero-order chi connectivity index (χ0) is 12.3. The van der Waals surface area contributed by atoms with E-state index in [0.29, 0.717) is 13.2 Å². The molecular formula is C12H22N2O2S. The smallest absolute Gasteiger partial charge is 0.227 e. The fourth-order valence-electron chi connectivity index (χ4n) is 2.69. The Kier molecular flexibility index (Phi) is 4.33. The number of carbonyl (C=O) groups excluding carboxylic acids is 1. The van der Waals surface area contributed by atoms with E-state index in [0.717, 1.165) is 6.54 Å². The average Bonchev–Trinajstić information content (AvgIpc) is 2.95. The van der Waals surface area contributed by atoms with Crippen molar-refractivity contribution in [3.8, 4) is 0 Å². The molecule has 5 heteroatoms. The highest BCUT2D eigenvalue weighted by Gasteiger charge is 2.36. The Balaban J connectivity index is 1.82. The van der Waals surface area contributed by atoms with Crippen LogP contribution in [0.15, 0.2) is 0 Å². The summed E-state index contributed by atoms with van der Waals surface area (Å²) in [6, 6.07) is -0.135. The van der Waals surface area contributed by atoms with Crippen LogP contribution >= 0.6 is 11.8 Å². The van der Waals surface area contributed by atoms with Gasteiger partial charge in [-0.2, -0.15) is 11.8 Å². The molecule has 0 aromatic rings. The molecule has 0 spiro atoms. The topological polar surface area (TPSA) is 64.3 Å². The minimum absolute atomic E-state index is 0.0651. The number of rotatable bonds is 4. The first-order valence-electron chi connectivity index (χ1n) is 6.33. The zero-order valence-corrected chi connectivity index (χ0v) is 11.2. The van der Waals surface area contributed by atoms with Gasteiger partial charge >= 0.3 is 0 Å². The second-order valence-corrected chi connectivity index (χ2v) is 6.39. The first-order valence-corrected chi connectivity index (χ1v) is 7.55. The summed E-state index contributed by atoms with van der Waals surface area (Å²) in [5.74, 6) is -0.0920. The van der Waals surface area contributed by atoms with Crippen LogP contribution in [0.1, 0.15) is 25.7 Å². The third-order valence-corrected chi connectivity index (χ3v) is 5.41. The summed E-state index contributed by atoms with van der Waals surface area (Å²) in [7, 11) is 0. The first kappa shape index (κ1) is 13.2. The van der Waals surface area contributed by atoms with Crippen molar-refractivity contribution in [3.05, 3.63) is 0 Å². The third kappa shape index (κ3) is 2.95. The Morgan fingerprint density at radius 1 is 1.47 bits per heavy atom. The van der Waals surface area contributed by atoms with Crippen LogP contribution in [-0.2, 0) is 9.53 Å². The van der Waals surface area contributed by atoms with Gasteiger partial charge < -0.3 is 15.8 Å². The molecule has 1 amide bonds. The van der Waals surface area contributed by atoms with E-state index < -0.39 is 0 Å². The fourth-order valence-corrected chi connectivity index (χ4v) is 3.61. The van der Waals surface area contributed by atoms with Crippen LogP contribution < -0.4 is 11.1 Å². The molecule has 2 atom stereocenters. The van der Waals surface area contributed by atoms with Gasteiger partial charge in [-0.1, -0.05) is 12.8 Å². The second kappa shape index (κ2) is 5.59. The van der Waals surface area contributed by atoms with Gasteiger partial charge in [-0.25, -0.2) is 0 Å². The Hall–Kier alpha value is -0.260. The molecule has 1 aliphatic carbocycles. The number of hydrogen-bond acceptors (Lipinski definition) is 4. The lowest BCUT2D eigenvalue weighted by atomic mass is 10.0. The van der Waals surface area contributed by atoms with Gasteiger partial charge in [-0.05, 0) is 19.1 Å². The van der Waals surface area contributed by atoms with Gasteiger partial charge in [0, 0.05) is 17.3 Å². The number of carbonyl (C=O) groups is 1. The van der Waals surface area contributed by atoms with Crippen LogP contribution in [-0.4, -0.2) is 42.7 Å². The van der Waals surface area contributed by atoms with E-state index in [2.05, 4.69) is 11.6 Å². The first-order chi connectivity index (χ1) is 8.17. The van der Waals surface area contributed by atoms with E-state index in [4.69, 9.17) is 10.5 Å². The molecule has 1 heterocycles. The van der Waals surface area contributed by atoms with E-state index in [1.54, 1.807) is 0 Å². The maximum atomic E-state index is 12.0. The quantitative estimate of drug-likeness (QED) is 0.781. The summed E-state index contributed by atoms with van der Waals surface area (Å²) in [6.45, 7) is 1.75. The van der Waals surface area contributed by atoms with E-state index in [-0.39, 0.29) is 22.6 Å². The zero-order valence-electron chi connectivity index (χ0n) is 10.4. The Morgan fingerprint density at radius 3 is 2.71 bits per heavy atom.